The fraction of sp³-hybridized carbons (Fsp3) is 0.357. The summed E-state index contributed by atoms with van der Waals surface area (Å²) in [4.78, 5) is 11.3. The minimum Gasteiger partial charge on any atom is -0.460 e. The van der Waals surface area contributed by atoms with E-state index in [9.17, 15) is 4.79 Å². The van der Waals surface area contributed by atoms with E-state index in [0.29, 0.717) is 6.42 Å². The van der Waals surface area contributed by atoms with Gasteiger partial charge in [0.2, 0.25) is 0 Å². The molecule has 1 atom stereocenters. The van der Waals surface area contributed by atoms with Gasteiger partial charge in [-0.05, 0) is 24.8 Å². The van der Waals surface area contributed by atoms with Gasteiger partial charge in [0.05, 0.1) is 0 Å². The van der Waals surface area contributed by atoms with Crippen molar-refractivity contribution in [2.24, 2.45) is 5.73 Å². The monoisotopic (exact) mass is 233 g/mol. The topological polar surface area (TPSA) is 52.3 Å². The van der Waals surface area contributed by atoms with Crippen LogP contribution in [0.4, 0.5) is 0 Å². The number of benzene rings is 1. The molecule has 3 nitrogen and oxygen atoms in total. The molecule has 0 fully saturated rings. The first-order valence-corrected chi connectivity index (χ1v) is 5.81. The first-order chi connectivity index (χ1) is 8.24. The van der Waals surface area contributed by atoms with E-state index in [0.717, 1.165) is 12.8 Å². The Bertz CT molecular complexity index is 348. The summed E-state index contributed by atoms with van der Waals surface area (Å²) in [7, 11) is 0. The van der Waals surface area contributed by atoms with Crippen molar-refractivity contribution < 1.29 is 9.53 Å². The van der Waals surface area contributed by atoms with E-state index in [1.54, 1.807) is 0 Å². The van der Waals surface area contributed by atoms with E-state index in [-0.39, 0.29) is 12.6 Å². The molecule has 0 aliphatic heterocycles. The smallest absolute Gasteiger partial charge is 0.323 e. The van der Waals surface area contributed by atoms with Gasteiger partial charge in [-0.25, -0.2) is 0 Å². The lowest BCUT2D eigenvalue weighted by Crippen LogP contribution is -2.32. The Morgan fingerprint density at radius 2 is 2.12 bits per heavy atom. The summed E-state index contributed by atoms with van der Waals surface area (Å²) >= 11 is 0. The van der Waals surface area contributed by atoms with Gasteiger partial charge in [-0.2, -0.15) is 0 Å². The van der Waals surface area contributed by atoms with Gasteiger partial charge in [0.25, 0.3) is 0 Å². The Hall–Kier alpha value is -1.61. The highest BCUT2D eigenvalue weighted by Crippen LogP contribution is 2.06. The van der Waals surface area contributed by atoms with Crippen molar-refractivity contribution in [1.29, 1.82) is 0 Å². The lowest BCUT2D eigenvalue weighted by atomic mass is 10.1. The SMILES string of the molecule is C=CCOC(=O)C(N)CCCc1ccccc1. The van der Waals surface area contributed by atoms with Gasteiger partial charge in [-0.3, -0.25) is 4.79 Å². The van der Waals surface area contributed by atoms with Gasteiger partial charge in [-0.1, -0.05) is 43.0 Å². The molecule has 3 heteroatoms. The summed E-state index contributed by atoms with van der Waals surface area (Å²) in [6.07, 6.45) is 4.00. The second kappa shape index (κ2) is 7.63. The molecule has 92 valence electrons. The molecule has 1 aromatic carbocycles. The van der Waals surface area contributed by atoms with Crippen LogP contribution in [0.1, 0.15) is 18.4 Å². The number of aryl methyl sites for hydroxylation is 1. The Morgan fingerprint density at radius 3 is 2.76 bits per heavy atom. The van der Waals surface area contributed by atoms with Crippen molar-refractivity contribution in [1.82, 2.24) is 0 Å². The number of hydrogen-bond donors (Lipinski definition) is 1. The standard InChI is InChI=1S/C14H19NO2/c1-2-11-17-14(16)13(15)10-6-9-12-7-4-3-5-8-12/h2-5,7-8,13H,1,6,9-11,15H2. The van der Waals surface area contributed by atoms with Crippen molar-refractivity contribution in [2.75, 3.05) is 6.61 Å². The van der Waals surface area contributed by atoms with Gasteiger partial charge in [0, 0.05) is 0 Å². The number of ether oxygens (including phenoxy) is 1. The fourth-order valence-corrected chi connectivity index (χ4v) is 1.54. The van der Waals surface area contributed by atoms with Crippen LogP contribution in [0.5, 0.6) is 0 Å². The summed E-state index contributed by atoms with van der Waals surface area (Å²) in [5.41, 5.74) is 6.98. The maximum Gasteiger partial charge on any atom is 0.323 e. The molecule has 0 aliphatic carbocycles. The number of esters is 1. The average molecular weight is 233 g/mol. The third-order valence-electron chi connectivity index (χ3n) is 2.47. The van der Waals surface area contributed by atoms with Crippen LogP contribution in [-0.4, -0.2) is 18.6 Å². The molecule has 0 amide bonds. The minimum atomic E-state index is -0.529. The van der Waals surface area contributed by atoms with Crippen molar-refractivity contribution in [3.05, 3.63) is 48.6 Å². The molecule has 0 heterocycles. The molecule has 0 saturated heterocycles. The van der Waals surface area contributed by atoms with Gasteiger partial charge in [0.15, 0.2) is 0 Å². The Kier molecular flexibility index (Phi) is 6.04. The molecule has 0 bridgehead atoms. The van der Waals surface area contributed by atoms with Gasteiger partial charge >= 0.3 is 5.97 Å². The lowest BCUT2D eigenvalue weighted by Gasteiger charge is -2.10. The van der Waals surface area contributed by atoms with E-state index >= 15 is 0 Å². The van der Waals surface area contributed by atoms with Gasteiger partial charge < -0.3 is 10.5 Å². The van der Waals surface area contributed by atoms with Crippen molar-refractivity contribution in [3.63, 3.8) is 0 Å². The molecule has 1 aromatic rings. The number of rotatable bonds is 7. The van der Waals surface area contributed by atoms with E-state index in [2.05, 4.69) is 18.7 Å². The van der Waals surface area contributed by atoms with Crippen LogP contribution in [0.2, 0.25) is 0 Å². The quantitative estimate of drug-likeness (QED) is 0.579. The zero-order valence-corrected chi connectivity index (χ0v) is 9.97. The number of nitrogens with two attached hydrogens (primary N) is 1. The summed E-state index contributed by atoms with van der Waals surface area (Å²) in [5.74, 6) is -0.349. The first kappa shape index (κ1) is 13.5. The molecular weight excluding hydrogens is 214 g/mol. The molecule has 17 heavy (non-hydrogen) atoms. The molecular formula is C14H19NO2. The Balaban J connectivity index is 2.22. The lowest BCUT2D eigenvalue weighted by molar-refractivity contribution is -0.144. The van der Waals surface area contributed by atoms with Crippen LogP contribution in [0, 0.1) is 0 Å². The second-order valence-corrected chi connectivity index (χ2v) is 3.90. The molecule has 1 unspecified atom stereocenters. The van der Waals surface area contributed by atoms with E-state index in [1.165, 1.54) is 11.6 Å². The van der Waals surface area contributed by atoms with E-state index in [1.807, 2.05) is 18.2 Å². The number of hydrogen-bond acceptors (Lipinski definition) is 3. The van der Waals surface area contributed by atoms with Crippen LogP contribution in [0.3, 0.4) is 0 Å². The molecule has 0 aliphatic rings. The minimum absolute atomic E-state index is 0.227. The largest absolute Gasteiger partial charge is 0.460 e. The third kappa shape index (κ3) is 5.31. The molecule has 0 radical (unpaired) electrons. The third-order valence-corrected chi connectivity index (χ3v) is 2.47. The predicted molar refractivity (Wildman–Crippen MR) is 68.5 cm³/mol. The molecule has 1 rings (SSSR count). The Morgan fingerprint density at radius 1 is 1.41 bits per heavy atom. The summed E-state index contributed by atoms with van der Waals surface area (Å²) < 4.78 is 4.87. The summed E-state index contributed by atoms with van der Waals surface area (Å²) in [6.45, 7) is 3.70. The second-order valence-electron chi connectivity index (χ2n) is 3.90. The average Bonchev–Trinajstić information content (AvgIpc) is 2.37. The zero-order chi connectivity index (χ0) is 12.5. The summed E-state index contributed by atoms with van der Waals surface area (Å²) in [5, 5.41) is 0. The molecule has 2 N–H and O–H groups in total. The van der Waals surface area contributed by atoms with E-state index in [4.69, 9.17) is 10.5 Å². The number of carbonyl (C=O) groups is 1. The fourth-order valence-electron chi connectivity index (χ4n) is 1.54. The number of carbonyl (C=O) groups excluding carboxylic acids is 1. The first-order valence-electron chi connectivity index (χ1n) is 5.81. The van der Waals surface area contributed by atoms with Gasteiger partial charge in [0.1, 0.15) is 12.6 Å². The molecule has 0 saturated carbocycles. The normalized spacial score (nSPS) is 11.8. The van der Waals surface area contributed by atoms with Crippen molar-refractivity contribution in [3.8, 4) is 0 Å². The highest BCUT2D eigenvalue weighted by atomic mass is 16.5. The highest BCUT2D eigenvalue weighted by Gasteiger charge is 2.13. The van der Waals surface area contributed by atoms with Crippen LogP contribution in [0.25, 0.3) is 0 Å². The van der Waals surface area contributed by atoms with Crippen molar-refractivity contribution in [2.45, 2.75) is 25.3 Å². The van der Waals surface area contributed by atoms with Crippen LogP contribution in [0.15, 0.2) is 43.0 Å². The van der Waals surface area contributed by atoms with Crippen LogP contribution >= 0.6 is 0 Å². The predicted octanol–water partition coefficient (Wildman–Crippen LogP) is 2.07. The maximum absolute atomic E-state index is 11.3. The highest BCUT2D eigenvalue weighted by molar-refractivity contribution is 5.75. The Labute approximate surface area is 102 Å². The van der Waals surface area contributed by atoms with Crippen molar-refractivity contribution >= 4 is 5.97 Å². The van der Waals surface area contributed by atoms with E-state index < -0.39 is 6.04 Å². The summed E-state index contributed by atoms with van der Waals surface area (Å²) in [6, 6.07) is 9.62. The zero-order valence-electron chi connectivity index (χ0n) is 9.97. The molecule has 0 spiro atoms. The van der Waals surface area contributed by atoms with Crippen LogP contribution in [-0.2, 0) is 16.0 Å². The van der Waals surface area contributed by atoms with Gasteiger partial charge in [-0.15, -0.1) is 0 Å². The van der Waals surface area contributed by atoms with Crippen LogP contribution < -0.4 is 5.73 Å². The maximum atomic E-state index is 11.3. The molecule has 0 aromatic heterocycles.